The summed E-state index contributed by atoms with van der Waals surface area (Å²) in [6.45, 7) is 8.96. The van der Waals surface area contributed by atoms with E-state index in [9.17, 15) is 8.78 Å². The summed E-state index contributed by atoms with van der Waals surface area (Å²) in [6.07, 6.45) is 4.37. The Morgan fingerprint density at radius 3 is 1.88 bits per heavy atom. The summed E-state index contributed by atoms with van der Waals surface area (Å²) in [5.41, 5.74) is 0.463. The van der Waals surface area contributed by atoms with E-state index in [-0.39, 0.29) is 5.56 Å². The van der Waals surface area contributed by atoms with Crippen LogP contribution in [0.25, 0.3) is 0 Å². The predicted molar refractivity (Wildman–Crippen MR) is 91.7 cm³/mol. The molecule has 4 heteroatoms. The van der Waals surface area contributed by atoms with Crippen LogP contribution in [0.3, 0.4) is 0 Å². The topological polar surface area (TPSA) is 18.5 Å². The lowest BCUT2D eigenvalue weighted by atomic mass is 9.76. The van der Waals surface area contributed by atoms with Crippen molar-refractivity contribution in [2.45, 2.75) is 59.7 Å². The van der Waals surface area contributed by atoms with Crippen molar-refractivity contribution in [1.82, 2.24) is 0 Å². The van der Waals surface area contributed by atoms with E-state index < -0.39 is 17.9 Å². The molecule has 2 aliphatic rings. The molecule has 24 heavy (non-hydrogen) atoms. The van der Waals surface area contributed by atoms with E-state index in [1.807, 2.05) is 13.8 Å². The summed E-state index contributed by atoms with van der Waals surface area (Å²) < 4.78 is 38.8. The van der Waals surface area contributed by atoms with Gasteiger partial charge in [-0.2, -0.15) is 0 Å². The molecule has 1 aromatic carbocycles. The second-order valence-electron chi connectivity index (χ2n) is 6.89. The van der Waals surface area contributed by atoms with Crippen LogP contribution >= 0.6 is 0 Å². The Labute approximate surface area is 144 Å². The lowest BCUT2D eigenvalue weighted by molar-refractivity contribution is -0.214. The summed E-state index contributed by atoms with van der Waals surface area (Å²) in [5, 5.41) is 0. The van der Waals surface area contributed by atoms with Crippen molar-refractivity contribution >= 4 is 0 Å². The van der Waals surface area contributed by atoms with Gasteiger partial charge in [-0.25, -0.2) is 8.78 Å². The second-order valence-corrected chi connectivity index (χ2v) is 6.89. The van der Waals surface area contributed by atoms with E-state index in [1.165, 1.54) is 44.7 Å². The minimum absolute atomic E-state index is 0.0359. The highest BCUT2D eigenvalue weighted by molar-refractivity contribution is 5.26. The molecule has 136 valence electrons. The van der Waals surface area contributed by atoms with Gasteiger partial charge in [0.05, 0.1) is 13.2 Å². The molecule has 0 amide bonds. The van der Waals surface area contributed by atoms with E-state index in [1.54, 1.807) is 0 Å². The van der Waals surface area contributed by atoms with Crippen LogP contribution in [-0.4, -0.2) is 13.2 Å². The van der Waals surface area contributed by atoms with Gasteiger partial charge in [-0.1, -0.05) is 33.6 Å². The number of hydrogen-bond donors (Lipinski definition) is 0. The molecule has 1 aliphatic heterocycles. The van der Waals surface area contributed by atoms with Crippen molar-refractivity contribution in [3.63, 3.8) is 0 Å². The molecule has 0 aromatic heterocycles. The van der Waals surface area contributed by atoms with Crippen LogP contribution in [0.1, 0.15) is 63.9 Å². The smallest absolute Gasteiger partial charge is 0.184 e. The Morgan fingerprint density at radius 1 is 0.875 bits per heavy atom. The normalized spacial score (nSPS) is 30.4. The Morgan fingerprint density at radius 2 is 1.38 bits per heavy atom. The van der Waals surface area contributed by atoms with Gasteiger partial charge in [0.15, 0.2) is 6.29 Å². The molecule has 0 N–H and O–H groups in total. The first-order valence-corrected chi connectivity index (χ1v) is 9.23. The van der Waals surface area contributed by atoms with Crippen molar-refractivity contribution in [1.29, 1.82) is 0 Å². The fraction of sp³-hybridized carbons (Fsp3) is 0.700. The molecule has 1 saturated heterocycles. The maximum absolute atomic E-state index is 13.6. The Bertz CT molecular complexity index is 493. The number of halogens is 2. The van der Waals surface area contributed by atoms with Gasteiger partial charge in [0.25, 0.3) is 0 Å². The highest BCUT2D eigenvalue weighted by Crippen LogP contribution is 2.37. The van der Waals surface area contributed by atoms with Crippen LogP contribution in [-0.2, 0) is 9.47 Å². The minimum Gasteiger partial charge on any atom is -0.348 e. The number of benzene rings is 1. The summed E-state index contributed by atoms with van der Waals surface area (Å²) in [6, 6.07) is 2.62. The summed E-state index contributed by atoms with van der Waals surface area (Å²) in [7, 11) is 0. The third-order valence-electron chi connectivity index (χ3n) is 5.23. The maximum atomic E-state index is 13.6. The van der Waals surface area contributed by atoms with E-state index >= 15 is 0 Å². The zero-order valence-corrected chi connectivity index (χ0v) is 15.3. The van der Waals surface area contributed by atoms with Crippen LogP contribution in [0, 0.1) is 36.3 Å². The molecule has 2 nitrogen and oxygen atoms in total. The second kappa shape index (κ2) is 8.91. The van der Waals surface area contributed by atoms with Crippen LogP contribution < -0.4 is 0 Å². The molecular formula is C20H30F2O2. The zero-order chi connectivity index (χ0) is 17.7. The molecule has 2 fully saturated rings. The SMILES string of the molecule is CC.Cc1c(F)cc(C2OCC(C3CCC(C)CC3)CO2)cc1F. The zero-order valence-electron chi connectivity index (χ0n) is 15.3. The Kier molecular flexibility index (Phi) is 7.17. The average molecular weight is 340 g/mol. The summed E-state index contributed by atoms with van der Waals surface area (Å²) >= 11 is 0. The summed E-state index contributed by atoms with van der Waals surface area (Å²) in [5.74, 6) is 0.789. The molecule has 1 aliphatic carbocycles. The number of rotatable bonds is 2. The van der Waals surface area contributed by atoms with E-state index in [2.05, 4.69) is 6.92 Å². The van der Waals surface area contributed by atoms with Crippen LogP contribution in [0.2, 0.25) is 0 Å². The first kappa shape index (κ1) is 19.3. The van der Waals surface area contributed by atoms with Gasteiger partial charge in [0, 0.05) is 17.0 Å². The van der Waals surface area contributed by atoms with Gasteiger partial charge in [-0.15, -0.1) is 0 Å². The molecular weight excluding hydrogens is 310 g/mol. The van der Waals surface area contributed by atoms with Crippen LogP contribution in [0.5, 0.6) is 0 Å². The van der Waals surface area contributed by atoms with Gasteiger partial charge >= 0.3 is 0 Å². The number of hydrogen-bond acceptors (Lipinski definition) is 2. The van der Waals surface area contributed by atoms with Crippen molar-refractivity contribution in [2.24, 2.45) is 17.8 Å². The van der Waals surface area contributed by atoms with Crippen molar-refractivity contribution in [2.75, 3.05) is 13.2 Å². The van der Waals surface area contributed by atoms with Crippen molar-refractivity contribution in [3.05, 3.63) is 34.9 Å². The third kappa shape index (κ3) is 4.54. The third-order valence-corrected chi connectivity index (χ3v) is 5.23. The minimum atomic E-state index is -0.650. The highest BCUT2D eigenvalue weighted by atomic mass is 19.1. The highest BCUT2D eigenvalue weighted by Gasteiger charge is 2.32. The van der Waals surface area contributed by atoms with E-state index in [0.717, 1.165) is 5.92 Å². The summed E-state index contributed by atoms with van der Waals surface area (Å²) in [4.78, 5) is 0. The maximum Gasteiger partial charge on any atom is 0.184 e. The molecule has 1 heterocycles. The molecule has 0 unspecified atom stereocenters. The molecule has 0 spiro atoms. The molecule has 0 atom stereocenters. The van der Waals surface area contributed by atoms with Gasteiger partial charge in [-0.3, -0.25) is 0 Å². The molecule has 0 radical (unpaired) electrons. The van der Waals surface area contributed by atoms with E-state index in [4.69, 9.17) is 9.47 Å². The van der Waals surface area contributed by atoms with Crippen molar-refractivity contribution < 1.29 is 18.3 Å². The van der Waals surface area contributed by atoms with Gasteiger partial charge in [0.2, 0.25) is 0 Å². The van der Waals surface area contributed by atoms with Gasteiger partial charge in [-0.05, 0) is 43.7 Å². The van der Waals surface area contributed by atoms with Crippen LogP contribution in [0.4, 0.5) is 8.78 Å². The average Bonchev–Trinajstić information content (AvgIpc) is 2.62. The first-order chi connectivity index (χ1) is 11.5. The lowest BCUT2D eigenvalue weighted by Crippen LogP contribution is -2.34. The van der Waals surface area contributed by atoms with Gasteiger partial charge in [0.1, 0.15) is 11.6 Å². The Balaban J connectivity index is 0.00000100. The molecule has 3 rings (SSSR count). The molecule has 0 bridgehead atoms. The monoisotopic (exact) mass is 340 g/mol. The van der Waals surface area contributed by atoms with E-state index in [0.29, 0.717) is 30.6 Å². The Hall–Kier alpha value is -1.00. The quantitative estimate of drug-likeness (QED) is 0.678. The van der Waals surface area contributed by atoms with Gasteiger partial charge < -0.3 is 9.47 Å². The predicted octanol–water partition coefficient (Wildman–Crippen LogP) is 5.79. The van der Waals surface area contributed by atoms with Crippen LogP contribution in [0.15, 0.2) is 12.1 Å². The fourth-order valence-corrected chi connectivity index (χ4v) is 3.54. The molecule has 1 saturated carbocycles. The fourth-order valence-electron chi connectivity index (χ4n) is 3.54. The standard InChI is InChI=1S/C18H24F2O2.C2H6/c1-11-3-5-13(6-4-11)15-9-21-18(22-10-15)14-7-16(19)12(2)17(20)8-14;1-2/h7-8,11,13,15,18H,3-6,9-10H2,1-2H3;1-2H3. The lowest BCUT2D eigenvalue weighted by Gasteiger charge is -2.37. The number of ether oxygens (including phenoxy) is 2. The van der Waals surface area contributed by atoms with Crippen molar-refractivity contribution in [3.8, 4) is 0 Å². The largest absolute Gasteiger partial charge is 0.348 e. The molecule has 1 aromatic rings. The first-order valence-electron chi connectivity index (χ1n) is 9.23.